The van der Waals surface area contributed by atoms with E-state index in [1.165, 1.54) is 17.4 Å². The molecular formula is C15H16F3NS. The summed E-state index contributed by atoms with van der Waals surface area (Å²) in [6.45, 7) is 4.50. The van der Waals surface area contributed by atoms with Crippen molar-refractivity contribution in [2.24, 2.45) is 0 Å². The monoisotopic (exact) mass is 299 g/mol. The number of hydrogen-bond donors (Lipinski definition) is 1. The second-order valence-corrected chi connectivity index (χ2v) is 5.37. The van der Waals surface area contributed by atoms with Gasteiger partial charge in [-0.1, -0.05) is 19.9 Å². The maximum atomic E-state index is 14.0. The van der Waals surface area contributed by atoms with Gasteiger partial charge in [-0.3, -0.25) is 0 Å². The molecule has 0 radical (unpaired) electrons. The summed E-state index contributed by atoms with van der Waals surface area (Å²) in [7, 11) is 0. The van der Waals surface area contributed by atoms with E-state index in [-0.39, 0.29) is 5.56 Å². The van der Waals surface area contributed by atoms with E-state index >= 15 is 0 Å². The topological polar surface area (TPSA) is 12.0 Å². The summed E-state index contributed by atoms with van der Waals surface area (Å²) in [4.78, 5) is 0.944. The zero-order chi connectivity index (χ0) is 14.7. The molecular weight excluding hydrogens is 283 g/mol. The van der Waals surface area contributed by atoms with Crippen LogP contribution in [0.4, 0.5) is 13.2 Å². The molecule has 20 heavy (non-hydrogen) atoms. The smallest absolute Gasteiger partial charge is 0.194 e. The molecule has 1 atom stereocenters. The highest BCUT2D eigenvalue weighted by Crippen LogP contribution is 2.32. The number of rotatable bonds is 5. The zero-order valence-electron chi connectivity index (χ0n) is 11.3. The van der Waals surface area contributed by atoms with Crippen LogP contribution in [0.15, 0.2) is 23.6 Å². The molecule has 2 rings (SSSR count). The molecule has 1 nitrogen and oxygen atoms in total. The lowest BCUT2D eigenvalue weighted by molar-refractivity contribution is 0.433. The van der Waals surface area contributed by atoms with E-state index in [1.54, 1.807) is 0 Å². The van der Waals surface area contributed by atoms with Crippen molar-refractivity contribution in [1.29, 1.82) is 0 Å². The van der Waals surface area contributed by atoms with Crippen LogP contribution in [0.3, 0.4) is 0 Å². The van der Waals surface area contributed by atoms with Crippen LogP contribution in [0.2, 0.25) is 0 Å². The summed E-state index contributed by atoms with van der Waals surface area (Å²) >= 11 is 1.49. The van der Waals surface area contributed by atoms with Crippen molar-refractivity contribution in [3.8, 4) is 0 Å². The molecule has 0 saturated carbocycles. The number of aryl methyl sites for hydroxylation is 1. The van der Waals surface area contributed by atoms with Gasteiger partial charge in [-0.2, -0.15) is 0 Å². The highest BCUT2D eigenvalue weighted by atomic mass is 32.1. The predicted molar refractivity (Wildman–Crippen MR) is 75.5 cm³/mol. The molecule has 1 aromatic heterocycles. The highest BCUT2D eigenvalue weighted by molar-refractivity contribution is 7.10. The van der Waals surface area contributed by atoms with E-state index in [9.17, 15) is 13.2 Å². The van der Waals surface area contributed by atoms with E-state index in [2.05, 4.69) is 5.32 Å². The van der Waals surface area contributed by atoms with Gasteiger partial charge in [0.2, 0.25) is 0 Å². The van der Waals surface area contributed by atoms with Crippen molar-refractivity contribution >= 4 is 11.3 Å². The Hall–Kier alpha value is -1.33. The van der Waals surface area contributed by atoms with Gasteiger partial charge in [-0.15, -0.1) is 11.3 Å². The summed E-state index contributed by atoms with van der Waals surface area (Å²) in [6.07, 6.45) is 0.812. The van der Waals surface area contributed by atoms with Crippen LogP contribution < -0.4 is 5.32 Å². The molecule has 0 aliphatic heterocycles. The summed E-state index contributed by atoms with van der Waals surface area (Å²) in [5, 5.41) is 5.07. The van der Waals surface area contributed by atoms with Crippen LogP contribution in [-0.2, 0) is 6.42 Å². The molecule has 0 aliphatic carbocycles. The van der Waals surface area contributed by atoms with Crippen LogP contribution in [0.25, 0.3) is 0 Å². The molecule has 0 aliphatic rings. The molecule has 0 amide bonds. The minimum absolute atomic E-state index is 0.142. The normalized spacial score (nSPS) is 12.7. The first kappa shape index (κ1) is 15.1. The minimum atomic E-state index is -1.42. The Morgan fingerprint density at radius 1 is 1.10 bits per heavy atom. The Bertz CT molecular complexity index is 595. The van der Waals surface area contributed by atoms with Gasteiger partial charge in [-0.25, -0.2) is 13.2 Å². The summed E-state index contributed by atoms with van der Waals surface area (Å²) in [5.41, 5.74) is 1.23. The lowest BCUT2D eigenvalue weighted by atomic mass is 10.0. The molecule has 2 aromatic rings. The SMILES string of the molecule is CCNC(c1ccc(F)c(F)c1F)c1sccc1CC. The third kappa shape index (κ3) is 2.74. The lowest BCUT2D eigenvalue weighted by Gasteiger charge is -2.19. The molecule has 0 fully saturated rings. The Balaban J connectivity index is 2.52. The first-order chi connectivity index (χ1) is 9.60. The molecule has 0 spiro atoms. The fourth-order valence-electron chi connectivity index (χ4n) is 2.20. The Kier molecular flexibility index (Phi) is 4.83. The summed E-state index contributed by atoms with van der Waals surface area (Å²) < 4.78 is 40.5. The van der Waals surface area contributed by atoms with Crippen LogP contribution in [0, 0.1) is 17.5 Å². The molecule has 0 bridgehead atoms. The van der Waals surface area contributed by atoms with Gasteiger partial charge in [0.05, 0.1) is 6.04 Å². The van der Waals surface area contributed by atoms with E-state index in [0.29, 0.717) is 6.54 Å². The van der Waals surface area contributed by atoms with Gasteiger partial charge in [0.25, 0.3) is 0 Å². The average Bonchev–Trinajstić information content (AvgIpc) is 2.91. The van der Waals surface area contributed by atoms with Gasteiger partial charge < -0.3 is 5.32 Å². The van der Waals surface area contributed by atoms with Crippen LogP contribution in [-0.4, -0.2) is 6.54 Å². The van der Waals surface area contributed by atoms with Gasteiger partial charge in [0.1, 0.15) is 0 Å². The first-order valence-corrected chi connectivity index (χ1v) is 7.41. The van der Waals surface area contributed by atoms with Crippen LogP contribution >= 0.6 is 11.3 Å². The lowest BCUT2D eigenvalue weighted by Crippen LogP contribution is -2.23. The maximum Gasteiger partial charge on any atom is 0.194 e. The maximum absolute atomic E-state index is 14.0. The van der Waals surface area contributed by atoms with Crippen molar-refractivity contribution in [3.05, 3.63) is 57.0 Å². The molecule has 1 heterocycles. The number of nitrogens with one attached hydrogen (secondary N) is 1. The minimum Gasteiger partial charge on any atom is -0.306 e. The van der Waals surface area contributed by atoms with Crippen molar-refractivity contribution in [3.63, 3.8) is 0 Å². The Morgan fingerprint density at radius 2 is 1.85 bits per heavy atom. The Labute approximate surface area is 120 Å². The molecule has 5 heteroatoms. The van der Waals surface area contributed by atoms with Gasteiger partial charge in [0, 0.05) is 10.4 Å². The highest BCUT2D eigenvalue weighted by Gasteiger charge is 2.24. The van der Waals surface area contributed by atoms with Crippen molar-refractivity contribution < 1.29 is 13.2 Å². The molecule has 1 aromatic carbocycles. The van der Waals surface area contributed by atoms with E-state index < -0.39 is 23.5 Å². The zero-order valence-corrected chi connectivity index (χ0v) is 12.2. The first-order valence-electron chi connectivity index (χ1n) is 6.53. The number of thiophene rings is 1. The van der Waals surface area contributed by atoms with Gasteiger partial charge >= 0.3 is 0 Å². The Morgan fingerprint density at radius 3 is 2.50 bits per heavy atom. The van der Waals surface area contributed by atoms with E-state index in [0.717, 1.165) is 22.9 Å². The third-order valence-corrected chi connectivity index (χ3v) is 4.23. The third-order valence-electron chi connectivity index (χ3n) is 3.21. The second-order valence-electron chi connectivity index (χ2n) is 4.42. The number of hydrogen-bond acceptors (Lipinski definition) is 2. The largest absolute Gasteiger partial charge is 0.306 e. The summed E-state index contributed by atoms with van der Waals surface area (Å²) in [6, 6.07) is 3.80. The summed E-state index contributed by atoms with van der Waals surface area (Å²) in [5.74, 6) is -3.70. The number of halogens is 3. The van der Waals surface area contributed by atoms with Gasteiger partial charge in [-0.05, 0) is 36.0 Å². The van der Waals surface area contributed by atoms with E-state index in [4.69, 9.17) is 0 Å². The van der Waals surface area contributed by atoms with E-state index in [1.807, 2.05) is 25.3 Å². The average molecular weight is 299 g/mol. The van der Waals surface area contributed by atoms with Crippen molar-refractivity contribution in [1.82, 2.24) is 5.32 Å². The standard InChI is InChI=1S/C15H16F3NS/c1-3-9-7-8-20-15(9)14(19-4-2)10-5-6-11(16)13(18)12(10)17/h5-8,14,19H,3-4H2,1-2H3. The van der Waals surface area contributed by atoms with Crippen LogP contribution in [0.1, 0.15) is 35.9 Å². The van der Waals surface area contributed by atoms with Crippen molar-refractivity contribution in [2.75, 3.05) is 6.54 Å². The molecule has 1 N–H and O–H groups in total. The molecule has 0 saturated heterocycles. The molecule has 108 valence electrons. The second kappa shape index (κ2) is 6.41. The fourth-order valence-corrected chi connectivity index (χ4v) is 3.29. The fraction of sp³-hybridized carbons (Fsp3) is 0.333. The molecule has 1 unspecified atom stereocenters. The van der Waals surface area contributed by atoms with Crippen LogP contribution in [0.5, 0.6) is 0 Å². The quantitative estimate of drug-likeness (QED) is 0.806. The van der Waals surface area contributed by atoms with Gasteiger partial charge in [0.15, 0.2) is 17.5 Å². The van der Waals surface area contributed by atoms with Crippen molar-refractivity contribution in [2.45, 2.75) is 26.3 Å². The predicted octanol–water partition coefficient (Wildman–Crippen LogP) is 4.43. The number of benzene rings is 1.